The van der Waals surface area contributed by atoms with Gasteiger partial charge in [0.25, 0.3) is 0 Å². The Morgan fingerprint density at radius 3 is 2.64 bits per heavy atom. The molecule has 22 heavy (non-hydrogen) atoms. The van der Waals surface area contributed by atoms with Crippen molar-refractivity contribution in [3.05, 3.63) is 34.4 Å². The molecule has 1 aromatic rings. The van der Waals surface area contributed by atoms with E-state index in [1.165, 1.54) is 6.07 Å². The van der Waals surface area contributed by atoms with E-state index < -0.39 is 11.7 Å². The number of fused-ring (bicyclic) bond motifs is 1. The van der Waals surface area contributed by atoms with Crippen molar-refractivity contribution >= 4 is 5.91 Å². The molecule has 3 rings (SSSR count). The predicted octanol–water partition coefficient (Wildman–Crippen LogP) is 2.47. The second-order valence-corrected chi connectivity index (χ2v) is 6.11. The lowest BCUT2D eigenvalue weighted by molar-refractivity contribution is -0.138. The predicted molar refractivity (Wildman–Crippen MR) is 76.4 cm³/mol. The maximum absolute atomic E-state index is 13.3. The molecule has 0 N–H and O–H groups in total. The van der Waals surface area contributed by atoms with E-state index in [1.807, 2.05) is 4.90 Å². The van der Waals surface area contributed by atoms with E-state index in [0.29, 0.717) is 25.1 Å². The lowest BCUT2D eigenvalue weighted by Crippen LogP contribution is -2.48. The van der Waals surface area contributed by atoms with Crippen molar-refractivity contribution in [2.45, 2.75) is 32.0 Å². The monoisotopic (exact) mass is 312 g/mol. The van der Waals surface area contributed by atoms with Gasteiger partial charge in [0.1, 0.15) is 0 Å². The van der Waals surface area contributed by atoms with Crippen molar-refractivity contribution in [3.63, 3.8) is 0 Å². The molecule has 0 atom stereocenters. The third-order valence-electron chi connectivity index (χ3n) is 4.62. The van der Waals surface area contributed by atoms with Gasteiger partial charge in [0, 0.05) is 26.7 Å². The molecule has 0 bridgehead atoms. The first-order valence-electron chi connectivity index (χ1n) is 7.53. The highest BCUT2D eigenvalue weighted by molar-refractivity contribution is 5.78. The zero-order valence-corrected chi connectivity index (χ0v) is 12.5. The molecule has 0 saturated carbocycles. The first-order valence-corrected chi connectivity index (χ1v) is 7.53. The molecule has 1 aliphatic carbocycles. The Kier molecular flexibility index (Phi) is 3.89. The summed E-state index contributed by atoms with van der Waals surface area (Å²) in [5.41, 5.74) is 1.71. The summed E-state index contributed by atoms with van der Waals surface area (Å²) in [5.74, 6) is -0.0348. The van der Waals surface area contributed by atoms with Gasteiger partial charge in [-0.1, -0.05) is 6.07 Å². The fraction of sp³-hybridized carbons (Fsp3) is 0.562. The van der Waals surface area contributed by atoms with Crippen LogP contribution in [0.15, 0.2) is 12.1 Å². The van der Waals surface area contributed by atoms with Crippen LogP contribution >= 0.6 is 0 Å². The number of halogens is 3. The molecule has 1 heterocycles. The number of rotatable bonds is 2. The van der Waals surface area contributed by atoms with Crippen LogP contribution in [0.1, 0.15) is 28.7 Å². The Balaban J connectivity index is 1.92. The van der Waals surface area contributed by atoms with Crippen molar-refractivity contribution < 1.29 is 18.0 Å². The number of hydrogen-bond donors (Lipinski definition) is 0. The summed E-state index contributed by atoms with van der Waals surface area (Å²) in [5, 5.41) is 0. The third kappa shape index (κ3) is 2.84. The number of benzene rings is 1. The van der Waals surface area contributed by atoms with E-state index in [0.717, 1.165) is 24.0 Å². The summed E-state index contributed by atoms with van der Waals surface area (Å²) in [6.07, 6.45) is -1.88. The highest BCUT2D eigenvalue weighted by Gasteiger charge is 2.36. The van der Waals surface area contributed by atoms with Crippen LogP contribution in [0.25, 0.3) is 0 Å². The third-order valence-corrected chi connectivity index (χ3v) is 4.62. The van der Waals surface area contributed by atoms with Gasteiger partial charge in [0.05, 0.1) is 12.1 Å². The van der Waals surface area contributed by atoms with Crippen LogP contribution in [-0.4, -0.2) is 42.4 Å². The average Bonchev–Trinajstić information content (AvgIpc) is 2.90. The number of aryl methyl sites for hydroxylation is 1. The number of nitrogens with zero attached hydrogens (tertiary/aromatic N) is 2. The number of likely N-dealkylation sites (N-methyl/N-ethyl adjacent to an activating group) is 1. The highest BCUT2D eigenvalue weighted by Crippen LogP contribution is 2.38. The van der Waals surface area contributed by atoms with Crippen molar-refractivity contribution in [2.24, 2.45) is 0 Å². The van der Waals surface area contributed by atoms with Gasteiger partial charge in [-0.2, -0.15) is 13.2 Å². The standard InChI is InChI=1S/C16H19F3N2O/c1-20-7-8-21(10-15(20)22)9-13-12-4-2-3-11(12)5-6-14(13)16(17,18)19/h5-6H,2-4,7-10H2,1H3. The molecule has 6 heteroatoms. The SMILES string of the molecule is CN1CCN(Cc2c(C(F)(F)F)ccc3c2CCC3)CC1=O. The smallest absolute Gasteiger partial charge is 0.343 e. The van der Waals surface area contributed by atoms with Crippen LogP contribution in [0.3, 0.4) is 0 Å². The Labute approximate surface area is 127 Å². The average molecular weight is 312 g/mol. The van der Waals surface area contributed by atoms with Gasteiger partial charge < -0.3 is 4.90 Å². The number of hydrogen-bond acceptors (Lipinski definition) is 2. The molecule has 3 nitrogen and oxygen atoms in total. The highest BCUT2D eigenvalue weighted by atomic mass is 19.4. The fourth-order valence-corrected chi connectivity index (χ4v) is 3.35. The first kappa shape index (κ1) is 15.3. The van der Waals surface area contributed by atoms with Crippen LogP contribution < -0.4 is 0 Å². The lowest BCUT2D eigenvalue weighted by Gasteiger charge is -2.33. The van der Waals surface area contributed by atoms with Gasteiger partial charge in [0.2, 0.25) is 5.91 Å². The topological polar surface area (TPSA) is 23.6 Å². The molecule has 0 aromatic heterocycles. The second kappa shape index (κ2) is 5.57. The molecular formula is C16H19F3N2O. The second-order valence-electron chi connectivity index (χ2n) is 6.11. The Hall–Kier alpha value is -1.56. The van der Waals surface area contributed by atoms with Crippen molar-refractivity contribution in [1.29, 1.82) is 0 Å². The van der Waals surface area contributed by atoms with E-state index in [-0.39, 0.29) is 19.0 Å². The van der Waals surface area contributed by atoms with Crippen LogP contribution in [0.2, 0.25) is 0 Å². The number of piperazine rings is 1. The van der Waals surface area contributed by atoms with Crippen LogP contribution in [-0.2, 0) is 30.4 Å². The molecule has 0 radical (unpaired) electrons. The molecule has 1 aromatic carbocycles. The zero-order chi connectivity index (χ0) is 15.9. The van der Waals surface area contributed by atoms with E-state index in [1.54, 1.807) is 18.0 Å². The summed E-state index contributed by atoms with van der Waals surface area (Å²) in [6, 6.07) is 2.82. The molecule has 1 fully saturated rings. The molecule has 0 spiro atoms. The number of amides is 1. The van der Waals surface area contributed by atoms with Gasteiger partial charge in [-0.05, 0) is 42.0 Å². The Bertz CT molecular complexity index is 598. The van der Waals surface area contributed by atoms with Gasteiger partial charge in [-0.15, -0.1) is 0 Å². The van der Waals surface area contributed by atoms with Gasteiger partial charge >= 0.3 is 6.18 Å². The minimum absolute atomic E-state index is 0.0348. The van der Waals surface area contributed by atoms with Gasteiger partial charge in [-0.3, -0.25) is 9.69 Å². The summed E-state index contributed by atoms with van der Waals surface area (Å²) < 4.78 is 39.9. The molecule has 1 aliphatic heterocycles. The van der Waals surface area contributed by atoms with E-state index >= 15 is 0 Å². The normalized spacial score (nSPS) is 19.6. The molecule has 2 aliphatic rings. The number of carbonyl (C=O) groups is 1. The summed E-state index contributed by atoms with van der Waals surface area (Å²) >= 11 is 0. The van der Waals surface area contributed by atoms with E-state index in [4.69, 9.17) is 0 Å². The van der Waals surface area contributed by atoms with Gasteiger partial charge in [0.15, 0.2) is 0 Å². The Morgan fingerprint density at radius 1 is 1.18 bits per heavy atom. The lowest BCUT2D eigenvalue weighted by atomic mass is 9.96. The quantitative estimate of drug-likeness (QED) is 0.837. The molecular weight excluding hydrogens is 293 g/mol. The molecule has 1 amide bonds. The summed E-state index contributed by atoms with van der Waals surface area (Å²) in [6.45, 7) is 1.58. The van der Waals surface area contributed by atoms with Crippen LogP contribution in [0.4, 0.5) is 13.2 Å². The molecule has 0 unspecified atom stereocenters. The van der Waals surface area contributed by atoms with Crippen molar-refractivity contribution in [2.75, 3.05) is 26.7 Å². The minimum atomic E-state index is -4.34. The fourth-order valence-electron chi connectivity index (χ4n) is 3.35. The van der Waals surface area contributed by atoms with Crippen molar-refractivity contribution in [1.82, 2.24) is 9.80 Å². The van der Waals surface area contributed by atoms with Crippen LogP contribution in [0, 0.1) is 0 Å². The van der Waals surface area contributed by atoms with Crippen LogP contribution in [0.5, 0.6) is 0 Å². The minimum Gasteiger partial charge on any atom is -0.343 e. The summed E-state index contributed by atoms with van der Waals surface area (Å²) in [4.78, 5) is 15.2. The van der Waals surface area contributed by atoms with E-state index in [9.17, 15) is 18.0 Å². The molecule has 120 valence electrons. The number of carbonyl (C=O) groups excluding carboxylic acids is 1. The van der Waals surface area contributed by atoms with E-state index in [2.05, 4.69) is 0 Å². The first-order chi connectivity index (χ1) is 10.4. The summed E-state index contributed by atoms with van der Waals surface area (Å²) in [7, 11) is 1.72. The Morgan fingerprint density at radius 2 is 1.95 bits per heavy atom. The van der Waals surface area contributed by atoms with Gasteiger partial charge in [-0.25, -0.2) is 0 Å². The number of alkyl halides is 3. The van der Waals surface area contributed by atoms with Crippen molar-refractivity contribution in [3.8, 4) is 0 Å². The molecule has 1 saturated heterocycles. The zero-order valence-electron chi connectivity index (χ0n) is 12.5. The maximum Gasteiger partial charge on any atom is 0.416 e. The largest absolute Gasteiger partial charge is 0.416 e. The maximum atomic E-state index is 13.3.